The molecular formula is C26H23ClN2O2S. The van der Waals surface area contributed by atoms with Crippen molar-refractivity contribution in [3.05, 3.63) is 99.6 Å². The molecule has 1 atom stereocenters. The molecule has 4 nitrogen and oxygen atoms in total. The first-order chi connectivity index (χ1) is 15.4. The van der Waals surface area contributed by atoms with Crippen LogP contribution < -0.4 is 4.90 Å². The van der Waals surface area contributed by atoms with Gasteiger partial charge in [-0.3, -0.25) is 9.59 Å². The van der Waals surface area contributed by atoms with Crippen molar-refractivity contribution in [3.63, 3.8) is 0 Å². The van der Waals surface area contributed by atoms with E-state index < -0.39 is 4.87 Å². The van der Waals surface area contributed by atoms with Crippen LogP contribution in [0.1, 0.15) is 32.6 Å². The van der Waals surface area contributed by atoms with Crippen LogP contribution in [0.4, 0.5) is 5.69 Å². The summed E-state index contributed by atoms with van der Waals surface area (Å²) in [4.78, 5) is 30.2. The highest BCUT2D eigenvalue weighted by Crippen LogP contribution is 2.55. The van der Waals surface area contributed by atoms with Crippen molar-refractivity contribution in [1.82, 2.24) is 4.90 Å². The third kappa shape index (κ3) is 3.31. The molecule has 1 fully saturated rings. The number of nitrogens with zero attached hydrogens (tertiary/aromatic N) is 2. The lowest BCUT2D eigenvalue weighted by Crippen LogP contribution is -2.50. The van der Waals surface area contributed by atoms with Crippen molar-refractivity contribution in [1.29, 1.82) is 0 Å². The van der Waals surface area contributed by atoms with Crippen LogP contribution in [-0.4, -0.2) is 29.0 Å². The number of aryl methyl sites for hydroxylation is 2. The molecule has 32 heavy (non-hydrogen) atoms. The van der Waals surface area contributed by atoms with Gasteiger partial charge in [0.15, 0.2) is 4.87 Å². The van der Waals surface area contributed by atoms with Crippen molar-refractivity contribution in [3.8, 4) is 0 Å². The van der Waals surface area contributed by atoms with Crippen LogP contribution in [0.15, 0.2) is 66.7 Å². The lowest BCUT2D eigenvalue weighted by molar-refractivity contribution is -0.123. The van der Waals surface area contributed by atoms with E-state index in [4.69, 9.17) is 11.6 Å². The minimum absolute atomic E-state index is 0.0579. The van der Waals surface area contributed by atoms with Crippen LogP contribution in [-0.2, 0) is 16.2 Å². The molecule has 1 unspecified atom stereocenters. The van der Waals surface area contributed by atoms with Crippen molar-refractivity contribution in [2.24, 2.45) is 0 Å². The number of halogens is 1. The molecule has 2 aliphatic rings. The van der Waals surface area contributed by atoms with E-state index in [1.807, 2.05) is 49.1 Å². The highest BCUT2D eigenvalue weighted by molar-refractivity contribution is 8.01. The molecule has 3 aromatic carbocycles. The van der Waals surface area contributed by atoms with Crippen molar-refractivity contribution < 1.29 is 9.59 Å². The predicted molar refractivity (Wildman–Crippen MR) is 130 cm³/mol. The topological polar surface area (TPSA) is 40.6 Å². The van der Waals surface area contributed by atoms with Gasteiger partial charge in [0.2, 0.25) is 0 Å². The number of amides is 2. The van der Waals surface area contributed by atoms with Crippen molar-refractivity contribution in [2.75, 3.05) is 17.2 Å². The Balaban J connectivity index is 1.60. The maximum Gasteiger partial charge on any atom is 0.268 e. The quantitative estimate of drug-likeness (QED) is 0.512. The molecule has 6 heteroatoms. The summed E-state index contributed by atoms with van der Waals surface area (Å²) in [6, 6.07) is 21.2. The fourth-order valence-corrected chi connectivity index (χ4v) is 6.30. The number of rotatable bonds is 3. The lowest BCUT2D eigenvalue weighted by Gasteiger charge is -2.33. The van der Waals surface area contributed by atoms with E-state index in [9.17, 15) is 9.59 Å². The minimum atomic E-state index is -1.05. The highest BCUT2D eigenvalue weighted by Gasteiger charge is 2.59. The fourth-order valence-electron chi connectivity index (χ4n) is 4.66. The van der Waals surface area contributed by atoms with Gasteiger partial charge < -0.3 is 9.80 Å². The third-order valence-corrected chi connectivity index (χ3v) is 7.74. The molecule has 0 aromatic heterocycles. The zero-order valence-corrected chi connectivity index (χ0v) is 19.5. The summed E-state index contributed by atoms with van der Waals surface area (Å²) < 4.78 is 0. The summed E-state index contributed by atoms with van der Waals surface area (Å²) in [5.74, 6) is 0.470. The van der Waals surface area contributed by atoms with E-state index in [0.717, 1.165) is 27.9 Å². The number of benzene rings is 3. The lowest BCUT2D eigenvalue weighted by atomic mass is 10.0. The molecule has 2 amide bonds. The SMILES string of the molecule is Cc1cccc(CN2C(=O)C3(SCCN3C(=O)c3cccc(Cl)c3)c3cc(C)ccc32)c1. The molecule has 3 aromatic rings. The Morgan fingerprint density at radius 1 is 1.03 bits per heavy atom. The first kappa shape index (κ1) is 21.1. The predicted octanol–water partition coefficient (Wildman–Crippen LogP) is 5.55. The van der Waals surface area contributed by atoms with E-state index in [1.165, 1.54) is 0 Å². The van der Waals surface area contributed by atoms with Crippen LogP contribution in [0.3, 0.4) is 0 Å². The largest absolute Gasteiger partial charge is 0.311 e. The maximum absolute atomic E-state index is 14.1. The van der Waals surface area contributed by atoms with Crippen molar-refractivity contribution in [2.45, 2.75) is 25.3 Å². The molecule has 0 aliphatic carbocycles. The number of anilines is 1. The number of thioether (sulfide) groups is 1. The molecular weight excluding hydrogens is 440 g/mol. The summed E-state index contributed by atoms with van der Waals surface area (Å²) in [6.07, 6.45) is 0. The van der Waals surface area contributed by atoms with Crippen LogP contribution in [0.5, 0.6) is 0 Å². The van der Waals surface area contributed by atoms with Gasteiger partial charge in [0, 0.05) is 28.4 Å². The summed E-state index contributed by atoms with van der Waals surface area (Å²) >= 11 is 7.70. The Labute approximate surface area is 197 Å². The van der Waals surface area contributed by atoms with E-state index in [1.54, 1.807) is 40.9 Å². The van der Waals surface area contributed by atoms with Crippen LogP contribution >= 0.6 is 23.4 Å². The van der Waals surface area contributed by atoms with Crippen LogP contribution in [0.25, 0.3) is 0 Å². The number of carbonyl (C=O) groups is 2. The first-order valence-electron chi connectivity index (χ1n) is 10.6. The maximum atomic E-state index is 14.1. The summed E-state index contributed by atoms with van der Waals surface area (Å²) in [5.41, 5.74) is 5.56. The van der Waals surface area contributed by atoms with Crippen LogP contribution in [0, 0.1) is 13.8 Å². The summed E-state index contributed by atoms with van der Waals surface area (Å²) in [5, 5.41) is 0.506. The van der Waals surface area contributed by atoms with Gasteiger partial charge in [-0.25, -0.2) is 0 Å². The Morgan fingerprint density at radius 2 is 1.81 bits per heavy atom. The summed E-state index contributed by atoms with van der Waals surface area (Å²) in [6.45, 7) is 5.04. The molecule has 162 valence electrons. The van der Waals surface area contributed by atoms with Gasteiger partial charge in [-0.2, -0.15) is 0 Å². The molecule has 2 heterocycles. The van der Waals surface area contributed by atoms with Crippen LogP contribution in [0.2, 0.25) is 5.02 Å². The normalized spacial score (nSPS) is 19.7. The standard InChI is InChI=1S/C26H23ClN2O2S/c1-17-5-3-6-19(13-17)16-28-23-10-9-18(2)14-22(23)26(25(28)31)29(11-12-32-26)24(30)20-7-4-8-21(27)15-20/h3-10,13-15H,11-12,16H2,1-2H3. The Hall–Kier alpha value is -2.76. The smallest absolute Gasteiger partial charge is 0.268 e. The second kappa shape index (κ2) is 7.98. The average Bonchev–Trinajstić information content (AvgIpc) is 3.30. The molecule has 0 bridgehead atoms. The number of fused-ring (bicyclic) bond motifs is 2. The van der Waals surface area contributed by atoms with E-state index >= 15 is 0 Å². The van der Waals surface area contributed by atoms with E-state index in [0.29, 0.717) is 29.4 Å². The van der Waals surface area contributed by atoms with Crippen molar-refractivity contribution >= 4 is 40.9 Å². The monoisotopic (exact) mass is 462 g/mol. The Kier molecular flexibility index (Phi) is 5.26. The fraction of sp³-hybridized carbons (Fsp3) is 0.231. The van der Waals surface area contributed by atoms with E-state index in [-0.39, 0.29) is 11.8 Å². The minimum Gasteiger partial charge on any atom is -0.311 e. The second-order valence-electron chi connectivity index (χ2n) is 8.36. The molecule has 0 saturated carbocycles. The van der Waals surface area contributed by atoms with Gasteiger partial charge >= 0.3 is 0 Å². The Bertz CT molecular complexity index is 1240. The number of hydrogen-bond donors (Lipinski definition) is 0. The molecule has 1 spiro atoms. The molecule has 2 aliphatic heterocycles. The molecule has 0 radical (unpaired) electrons. The second-order valence-corrected chi connectivity index (χ2v) is 10.1. The van der Waals surface area contributed by atoms with Gasteiger partial charge in [-0.15, -0.1) is 11.8 Å². The van der Waals surface area contributed by atoms with Gasteiger partial charge in [-0.1, -0.05) is 65.2 Å². The molecule has 5 rings (SSSR count). The Morgan fingerprint density at radius 3 is 2.59 bits per heavy atom. The molecule has 1 saturated heterocycles. The number of hydrogen-bond acceptors (Lipinski definition) is 3. The third-order valence-electron chi connectivity index (χ3n) is 6.09. The zero-order chi connectivity index (χ0) is 22.5. The summed E-state index contributed by atoms with van der Waals surface area (Å²) in [7, 11) is 0. The van der Waals surface area contributed by atoms with Gasteiger partial charge in [0.1, 0.15) is 0 Å². The average molecular weight is 463 g/mol. The first-order valence-corrected chi connectivity index (χ1v) is 12.0. The molecule has 0 N–H and O–H groups in total. The van der Waals surface area contributed by atoms with Gasteiger partial charge in [0.25, 0.3) is 11.8 Å². The van der Waals surface area contributed by atoms with E-state index in [2.05, 4.69) is 12.1 Å². The van der Waals surface area contributed by atoms with Gasteiger partial charge in [0.05, 0.1) is 12.2 Å². The van der Waals surface area contributed by atoms with Gasteiger partial charge in [-0.05, 0) is 43.7 Å². The number of carbonyl (C=O) groups excluding carboxylic acids is 2. The zero-order valence-electron chi connectivity index (χ0n) is 18.0. The highest BCUT2D eigenvalue weighted by atomic mass is 35.5.